The van der Waals surface area contributed by atoms with Crippen LogP contribution in [0.3, 0.4) is 0 Å². The van der Waals surface area contributed by atoms with Gasteiger partial charge in [0.1, 0.15) is 29.2 Å². The second-order valence-electron chi connectivity index (χ2n) is 10.6. The Labute approximate surface area is 249 Å². The van der Waals surface area contributed by atoms with E-state index in [1.54, 1.807) is 29.4 Å². The van der Waals surface area contributed by atoms with Crippen LogP contribution >= 0.6 is 11.9 Å². The van der Waals surface area contributed by atoms with Crippen LogP contribution in [0.25, 0.3) is 5.78 Å². The molecule has 0 bridgehead atoms. The fourth-order valence-corrected chi connectivity index (χ4v) is 7.37. The van der Waals surface area contributed by atoms with Gasteiger partial charge >= 0.3 is 5.56 Å². The van der Waals surface area contributed by atoms with Gasteiger partial charge in [-0.1, -0.05) is 6.07 Å². The van der Waals surface area contributed by atoms with Gasteiger partial charge in [0.05, 0.1) is 0 Å². The number of anilines is 1. The Hall–Kier alpha value is -3.43. The molecule has 5 rings (SSSR count). The normalized spacial score (nSPS) is 19.2. The molecular formula is C27H34FN7O5S2. The van der Waals surface area contributed by atoms with Gasteiger partial charge in [0.2, 0.25) is 17.4 Å². The molecule has 2 amide bonds. The SMILES string of the molecule is CC1CCCCN1C(=O)Cn1cc(N2CCCS2=O)n2c(=O)c(O)c(C(=O)NCc3ccc(F)cc3SN(C)C)nc12. The van der Waals surface area contributed by atoms with Crippen molar-refractivity contribution in [1.82, 2.24) is 28.5 Å². The lowest BCUT2D eigenvalue weighted by Crippen LogP contribution is -2.43. The first kappa shape index (κ1) is 30.0. The van der Waals surface area contributed by atoms with Gasteiger partial charge in [-0.2, -0.15) is 0 Å². The lowest BCUT2D eigenvalue weighted by molar-refractivity contribution is -0.135. The van der Waals surface area contributed by atoms with E-state index in [9.17, 15) is 28.1 Å². The van der Waals surface area contributed by atoms with E-state index >= 15 is 0 Å². The number of aromatic hydroxyl groups is 1. The molecule has 3 aromatic rings. The predicted molar refractivity (Wildman–Crippen MR) is 158 cm³/mol. The maximum Gasteiger partial charge on any atom is 0.303 e. The zero-order valence-corrected chi connectivity index (χ0v) is 25.3. The summed E-state index contributed by atoms with van der Waals surface area (Å²) in [5.41, 5.74) is -0.785. The number of likely N-dealkylation sites (tertiary alicyclic amines) is 1. The van der Waals surface area contributed by atoms with E-state index in [0.29, 0.717) is 35.7 Å². The number of aromatic nitrogens is 3. The van der Waals surface area contributed by atoms with Crippen LogP contribution in [0.2, 0.25) is 0 Å². The first-order valence-electron chi connectivity index (χ1n) is 13.8. The number of carbonyl (C=O) groups excluding carboxylic acids is 2. The maximum atomic E-state index is 13.9. The van der Waals surface area contributed by atoms with Gasteiger partial charge in [0, 0.05) is 42.5 Å². The van der Waals surface area contributed by atoms with E-state index in [0.717, 1.165) is 23.7 Å². The van der Waals surface area contributed by atoms with Crippen LogP contribution in [0.15, 0.2) is 34.1 Å². The molecule has 0 spiro atoms. The van der Waals surface area contributed by atoms with E-state index in [2.05, 4.69) is 10.3 Å². The number of fused-ring (bicyclic) bond motifs is 1. The van der Waals surface area contributed by atoms with Crippen LogP contribution in [0.5, 0.6) is 5.75 Å². The molecule has 226 valence electrons. The molecule has 15 heteroatoms. The van der Waals surface area contributed by atoms with Crippen molar-refractivity contribution in [2.45, 2.75) is 56.6 Å². The number of rotatable bonds is 8. The number of nitrogens with zero attached hydrogens (tertiary/aromatic N) is 6. The molecule has 2 unspecified atom stereocenters. The smallest absolute Gasteiger partial charge is 0.303 e. The lowest BCUT2D eigenvalue weighted by Gasteiger charge is -2.33. The average Bonchev–Trinajstić information content (AvgIpc) is 3.52. The highest BCUT2D eigenvalue weighted by Crippen LogP contribution is 2.27. The minimum absolute atomic E-state index is 0.0138. The molecule has 2 atom stereocenters. The van der Waals surface area contributed by atoms with Crippen LogP contribution in [-0.4, -0.2) is 83.3 Å². The number of imidazole rings is 1. The molecule has 2 aromatic heterocycles. The van der Waals surface area contributed by atoms with Crippen LogP contribution in [0, 0.1) is 5.82 Å². The first-order chi connectivity index (χ1) is 20.0. The number of piperidine rings is 1. The van der Waals surface area contributed by atoms with Crippen LogP contribution < -0.4 is 15.2 Å². The van der Waals surface area contributed by atoms with Gasteiger partial charge in [-0.25, -0.2) is 18.0 Å². The van der Waals surface area contributed by atoms with Gasteiger partial charge < -0.3 is 19.9 Å². The zero-order valence-electron chi connectivity index (χ0n) is 23.7. The van der Waals surface area contributed by atoms with Gasteiger partial charge in [-0.15, -0.1) is 0 Å². The number of amides is 2. The molecule has 2 fully saturated rings. The molecule has 2 aliphatic heterocycles. The summed E-state index contributed by atoms with van der Waals surface area (Å²) >= 11 is 1.28. The summed E-state index contributed by atoms with van der Waals surface area (Å²) in [5.74, 6) is -1.63. The van der Waals surface area contributed by atoms with Crippen molar-refractivity contribution < 1.29 is 23.3 Å². The van der Waals surface area contributed by atoms with Gasteiger partial charge in [0.15, 0.2) is 5.69 Å². The quantitative estimate of drug-likeness (QED) is 0.367. The molecule has 2 saturated heterocycles. The standard InChI is InChI=1S/C27H34FN7O5S2/c1-17-7-4-5-10-33(17)22(36)16-32-15-21(34-11-6-12-42(34)40)35-26(39)24(37)23(30-27(32)35)25(38)29-14-18-8-9-19(28)13-20(18)41-31(2)3/h8-9,13,15,17,37H,4-7,10-12,14,16H2,1-3H3,(H,29,38). The summed E-state index contributed by atoms with van der Waals surface area (Å²) < 4.78 is 32.5. The Morgan fingerprint density at radius 1 is 1.24 bits per heavy atom. The number of nitrogens with one attached hydrogen (secondary N) is 1. The third kappa shape index (κ3) is 6.03. The Morgan fingerprint density at radius 2 is 2.02 bits per heavy atom. The Bertz CT molecular complexity index is 1610. The summed E-state index contributed by atoms with van der Waals surface area (Å²) in [7, 11) is 2.22. The van der Waals surface area contributed by atoms with Crippen molar-refractivity contribution in [2.24, 2.45) is 0 Å². The topological polar surface area (TPSA) is 132 Å². The number of hydrogen-bond donors (Lipinski definition) is 2. The lowest BCUT2D eigenvalue weighted by atomic mass is 10.0. The molecule has 2 N–H and O–H groups in total. The van der Waals surface area contributed by atoms with Gasteiger partial charge in [-0.05, 0) is 76.3 Å². The van der Waals surface area contributed by atoms with Crippen molar-refractivity contribution in [1.29, 1.82) is 0 Å². The molecular weight excluding hydrogens is 585 g/mol. The summed E-state index contributed by atoms with van der Waals surface area (Å²) in [6.45, 7) is 2.88. The van der Waals surface area contributed by atoms with Crippen LogP contribution in [-0.2, 0) is 28.9 Å². The van der Waals surface area contributed by atoms with E-state index < -0.39 is 39.7 Å². The van der Waals surface area contributed by atoms with E-state index in [1.165, 1.54) is 39.1 Å². The second-order valence-corrected chi connectivity index (χ2v) is 13.5. The molecule has 12 nitrogen and oxygen atoms in total. The molecule has 4 heterocycles. The third-order valence-electron chi connectivity index (χ3n) is 7.37. The van der Waals surface area contributed by atoms with E-state index in [4.69, 9.17) is 0 Å². The molecule has 0 aliphatic carbocycles. The fraction of sp³-hybridized carbons (Fsp3) is 0.481. The Morgan fingerprint density at radius 3 is 2.71 bits per heavy atom. The van der Waals surface area contributed by atoms with Crippen molar-refractivity contribution >= 4 is 46.3 Å². The highest BCUT2D eigenvalue weighted by atomic mass is 32.2. The number of halogens is 1. The molecule has 0 saturated carbocycles. The van der Waals surface area contributed by atoms with E-state index in [1.807, 2.05) is 6.92 Å². The molecule has 1 aromatic carbocycles. The zero-order chi connectivity index (χ0) is 30.1. The minimum Gasteiger partial charge on any atom is -0.501 e. The first-order valence-corrected chi connectivity index (χ1v) is 15.8. The number of benzene rings is 1. The summed E-state index contributed by atoms with van der Waals surface area (Å²) in [6, 6.07) is 4.26. The highest BCUT2D eigenvalue weighted by Gasteiger charge is 2.30. The molecule has 2 aliphatic rings. The maximum absolute atomic E-state index is 13.9. The van der Waals surface area contributed by atoms with Crippen LogP contribution in [0.1, 0.15) is 48.7 Å². The monoisotopic (exact) mass is 619 g/mol. The second kappa shape index (κ2) is 12.4. The van der Waals surface area contributed by atoms with Crippen molar-refractivity contribution in [2.75, 3.05) is 37.2 Å². The summed E-state index contributed by atoms with van der Waals surface area (Å²) in [5, 5.41) is 13.5. The largest absolute Gasteiger partial charge is 0.501 e. The average molecular weight is 620 g/mol. The number of carbonyl (C=O) groups is 2. The summed E-state index contributed by atoms with van der Waals surface area (Å²) in [6.07, 6.45) is 5.03. The minimum atomic E-state index is -1.39. The number of hydrogen-bond acceptors (Lipinski definition) is 8. The van der Waals surface area contributed by atoms with Gasteiger partial charge in [0.25, 0.3) is 5.91 Å². The van der Waals surface area contributed by atoms with Gasteiger partial charge in [-0.3, -0.25) is 23.0 Å². The van der Waals surface area contributed by atoms with Crippen LogP contribution in [0.4, 0.5) is 10.2 Å². The molecule has 0 radical (unpaired) electrons. The van der Waals surface area contributed by atoms with E-state index in [-0.39, 0.29) is 36.6 Å². The van der Waals surface area contributed by atoms with Crippen molar-refractivity contribution in [3.8, 4) is 5.75 Å². The third-order valence-corrected chi connectivity index (χ3v) is 9.82. The Kier molecular flexibility index (Phi) is 8.89. The highest BCUT2D eigenvalue weighted by molar-refractivity contribution is 7.97. The fourth-order valence-electron chi connectivity index (χ4n) is 5.29. The summed E-state index contributed by atoms with van der Waals surface area (Å²) in [4.78, 5) is 46.8. The van der Waals surface area contributed by atoms with Crippen molar-refractivity contribution in [3.05, 3.63) is 51.8 Å². The van der Waals surface area contributed by atoms with Crippen molar-refractivity contribution in [3.63, 3.8) is 0 Å². The molecule has 42 heavy (non-hydrogen) atoms. The predicted octanol–water partition coefficient (Wildman–Crippen LogP) is 2.11. The Balaban J connectivity index is 1.50.